The Balaban J connectivity index is 1.40. The van der Waals surface area contributed by atoms with Crippen LogP contribution in [0, 0.1) is 0 Å². The molecular formula is C23H25F3N4. The lowest BCUT2D eigenvalue weighted by molar-refractivity contribution is -0.137. The third-order valence-electron chi connectivity index (χ3n) is 5.74. The molecule has 1 aliphatic rings. The van der Waals surface area contributed by atoms with Crippen molar-refractivity contribution in [3.8, 4) is 0 Å². The summed E-state index contributed by atoms with van der Waals surface area (Å²) in [6.45, 7) is 2.89. The molecule has 4 rings (SSSR count). The summed E-state index contributed by atoms with van der Waals surface area (Å²) in [6.07, 6.45) is 1.96. The molecule has 158 valence electrons. The number of alkyl halides is 3. The smallest absolute Gasteiger partial charge is 0.297 e. The number of halogens is 3. The predicted molar refractivity (Wildman–Crippen MR) is 109 cm³/mol. The van der Waals surface area contributed by atoms with Gasteiger partial charge in [0.1, 0.15) is 0 Å². The molecule has 30 heavy (non-hydrogen) atoms. The van der Waals surface area contributed by atoms with Crippen LogP contribution in [-0.4, -0.2) is 32.8 Å². The predicted octanol–water partition coefficient (Wildman–Crippen LogP) is 4.80. The van der Waals surface area contributed by atoms with Crippen LogP contribution < -0.4 is 0 Å². The van der Waals surface area contributed by atoms with Crippen LogP contribution in [0.3, 0.4) is 0 Å². The number of pyridine rings is 1. The minimum Gasteiger partial charge on any atom is -0.297 e. The third kappa shape index (κ3) is 4.90. The second kappa shape index (κ2) is 8.60. The Hall–Kier alpha value is -2.67. The second-order valence-electron chi connectivity index (χ2n) is 7.99. The van der Waals surface area contributed by atoms with E-state index in [1.54, 1.807) is 12.3 Å². The molecule has 0 N–H and O–H groups in total. The molecule has 7 heteroatoms. The fourth-order valence-corrected chi connectivity index (χ4v) is 4.10. The highest BCUT2D eigenvalue weighted by molar-refractivity contribution is 5.30. The van der Waals surface area contributed by atoms with E-state index >= 15 is 0 Å². The average molecular weight is 414 g/mol. The molecule has 4 nitrogen and oxygen atoms in total. The summed E-state index contributed by atoms with van der Waals surface area (Å²) in [5.74, 6) is 0.370. The minimum atomic E-state index is -4.32. The number of benzene rings is 1. The number of nitrogens with zero attached hydrogens (tertiary/aromatic N) is 4. The van der Waals surface area contributed by atoms with E-state index in [9.17, 15) is 13.2 Å². The quantitative estimate of drug-likeness (QED) is 0.601. The first-order valence-electron chi connectivity index (χ1n) is 10.2. The van der Waals surface area contributed by atoms with Crippen LogP contribution in [0.1, 0.15) is 46.8 Å². The van der Waals surface area contributed by atoms with Crippen molar-refractivity contribution in [3.05, 3.63) is 82.9 Å². The Morgan fingerprint density at radius 2 is 1.97 bits per heavy atom. The van der Waals surface area contributed by atoms with Gasteiger partial charge < -0.3 is 0 Å². The van der Waals surface area contributed by atoms with E-state index in [2.05, 4.69) is 15.0 Å². The van der Waals surface area contributed by atoms with Crippen LogP contribution >= 0.6 is 0 Å². The standard InChI is InChI=1S/C23H25F3N4/c1-29-21(9-10-28-29)16-30-11-3-5-19(15-30)22-8-7-18(14-27-22)12-17-4-2-6-20(13-17)23(24,25)26/h2,4,6-10,13-14,19H,3,5,11-12,15-16H2,1H3/t19-/m0/s1. The highest BCUT2D eigenvalue weighted by Gasteiger charge is 2.30. The van der Waals surface area contributed by atoms with Crippen LogP contribution in [0.15, 0.2) is 54.9 Å². The Morgan fingerprint density at radius 3 is 2.67 bits per heavy atom. The van der Waals surface area contributed by atoms with Gasteiger partial charge in [0, 0.05) is 44.1 Å². The van der Waals surface area contributed by atoms with Crippen molar-refractivity contribution < 1.29 is 13.2 Å². The largest absolute Gasteiger partial charge is 0.416 e. The molecule has 0 saturated carbocycles. The number of rotatable bonds is 5. The van der Waals surface area contributed by atoms with Crippen molar-refractivity contribution in [1.29, 1.82) is 0 Å². The zero-order valence-corrected chi connectivity index (χ0v) is 16.9. The van der Waals surface area contributed by atoms with Gasteiger partial charge in [0.25, 0.3) is 0 Å². The van der Waals surface area contributed by atoms with Crippen molar-refractivity contribution in [1.82, 2.24) is 19.7 Å². The Morgan fingerprint density at radius 1 is 1.10 bits per heavy atom. The SMILES string of the molecule is Cn1nccc1CN1CCC[C@H](c2ccc(Cc3cccc(C(F)(F)F)c3)cn2)C1. The number of piperidine rings is 1. The minimum absolute atomic E-state index is 0.370. The lowest BCUT2D eigenvalue weighted by Crippen LogP contribution is -2.34. The monoisotopic (exact) mass is 414 g/mol. The summed E-state index contributed by atoms with van der Waals surface area (Å²) >= 11 is 0. The van der Waals surface area contributed by atoms with Crippen LogP contribution in [0.25, 0.3) is 0 Å². The van der Waals surface area contributed by atoms with Gasteiger partial charge in [-0.15, -0.1) is 0 Å². The highest BCUT2D eigenvalue weighted by atomic mass is 19.4. The van der Waals surface area contributed by atoms with E-state index in [4.69, 9.17) is 0 Å². The summed E-state index contributed by atoms with van der Waals surface area (Å²) < 4.78 is 40.7. The number of hydrogen-bond donors (Lipinski definition) is 0. The molecule has 2 aromatic heterocycles. The maximum atomic E-state index is 12.9. The van der Waals surface area contributed by atoms with Gasteiger partial charge in [0.05, 0.1) is 11.3 Å². The fourth-order valence-electron chi connectivity index (χ4n) is 4.10. The zero-order chi connectivity index (χ0) is 21.1. The number of likely N-dealkylation sites (tertiary alicyclic amines) is 1. The molecule has 0 bridgehead atoms. The van der Waals surface area contributed by atoms with E-state index in [0.717, 1.165) is 49.8 Å². The van der Waals surface area contributed by atoms with Crippen LogP contribution in [-0.2, 0) is 26.2 Å². The van der Waals surface area contributed by atoms with Gasteiger partial charge in [0.15, 0.2) is 0 Å². The lowest BCUT2D eigenvalue weighted by atomic mass is 9.93. The summed E-state index contributed by atoms with van der Waals surface area (Å²) in [6, 6.07) is 11.6. The van der Waals surface area contributed by atoms with Gasteiger partial charge in [-0.2, -0.15) is 18.3 Å². The Bertz CT molecular complexity index is 979. The molecule has 1 atom stereocenters. The van der Waals surface area contributed by atoms with Crippen LogP contribution in [0.2, 0.25) is 0 Å². The van der Waals surface area contributed by atoms with Crippen molar-refractivity contribution in [2.24, 2.45) is 7.05 Å². The van der Waals surface area contributed by atoms with Crippen LogP contribution in [0.5, 0.6) is 0 Å². The zero-order valence-electron chi connectivity index (χ0n) is 16.9. The van der Waals surface area contributed by atoms with Gasteiger partial charge in [-0.1, -0.05) is 24.3 Å². The summed E-state index contributed by atoms with van der Waals surface area (Å²) in [4.78, 5) is 7.09. The van der Waals surface area contributed by atoms with Crippen molar-refractivity contribution in [3.63, 3.8) is 0 Å². The number of hydrogen-bond acceptors (Lipinski definition) is 3. The highest BCUT2D eigenvalue weighted by Crippen LogP contribution is 2.30. The first kappa shape index (κ1) is 20.6. The molecule has 0 unspecified atom stereocenters. The van der Waals surface area contributed by atoms with E-state index in [1.807, 2.05) is 36.1 Å². The molecule has 1 fully saturated rings. The van der Waals surface area contributed by atoms with Gasteiger partial charge in [-0.05, 0) is 55.1 Å². The Kier molecular flexibility index (Phi) is 5.90. The first-order valence-corrected chi connectivity index (χ1v) is 10.2. The lowest BCUT2D eigenvalue weighted by Gasteiger charge is -2.32. The second-order valence-corrected chi connectivity index (χ2v) is 7.99. The third-order valence-corrected chi connectivity index (χ3v) is 5.74. The van der Waals surface area contributed by atoms with Crippen LogP contribution in [0.4, 0.5) is 13.2 Å². The molecule has 0 aliphatic carbocycles. The maximum absolute atomic E-state index is 12.9. The summed E-state index contributed by atoms with van der Waals surface area (Å²) in [7, 11) is 1.96. The van der Waals surface area contributed by atoms with Gasteiger partial charge in [0.2, 0.25) is 0 Å². The molecule has 3 heterocycles. The Labute approximate surface area is 174 Å². The van der Waals surface area contributed by atoms with E-state index < -0.39 is 11.7 Å². The number of aryl methyl sites for hydroxylation is 1. The topological polar surface area (TPSA) is 34.0 Å². The van der Waals surface area contributed by atoms with Gasteiger partial charge in [-0.25, -0.2) is 0 Å². The van der Waals surface area contributed by atoms with Crippen molar-refractivity contribution in [2.45, 2.75) is 37.9 Å². The molecule has 0 spiro atoms. The van der Waals surface area contributed by atoms with E-state index in [1.165, 1.54) is 17.8 Å². The molecule has 1 aromatic carbocycles. The molecule has 3 aromatic rings. The average Bonchev–Trinajstić information content (AvgIpc) is 3.13. The summed E-state index contributed by atoms with van der Waals surface area (Å²) in [5.41, 5.74) is 3.19. The molecule has 1 aliphatic heterocycles. The normalized spacial score (nSPS) is 17.9. The first-order chi connectivity index (χ1) is 14.4. The van der Waals surface area contributed by atoms with Crippen molar-refractivity contribution >= 4 is 0 Å². The number of aromatic nitrogens is 3. The van der Waals surface area contributed by atoms with Crippen molar-refractivity contribution in [2.75, 3.05) is 13.1 Å². The fraction of sp³-hybridized carbons (Fsp3) is 0.391. The van der Waals surface area contributed by atoms with Gasteiger partial charge in [-0.3, -0.25) is 14.6 Å². The molecular weight excluding hydrogens is 389 g/mol. The molecule has 0 amide bonds. The van der Waals surface area contributed by atoms with Gasteiger partial charge >= 0.3 is 6.18 Å². The molecule has 0 radical (unpaired) electrons. The summed E-state index contributed by atoms with van der Waals surface area (Å²) in [5, 5.41) is 4.24. The van der Waals surface area contributed by atoms with E-state index in [0.29, 0.717) is 17.9 Å². The van der Waals surface area contributed by atoms with E-state index in [-0.39, 0.29) is 0 Å². The molecule has 1 saturated heterocycles. The maximum Gasteiger partial charge on any atom is 0.416 e.